The van der Waals surface area contributed by atoms with Gasteiger partial charge in [-0.15, -0.1) is 0 Å². The van der Waals surface area contributed by atoms with E-state index in [9.17, 15) is 9.59 Å². The Morgan fingerprint density at radius 3 is 2.55 bits per heavy atom. The second-order valence-electron chi connectivity index (χ2n) is 7.65. The lowest BCUT2D eigenvalue weighted by Crippen LogP contribution is -2.45. The normalized spacial score (nSPS) is 20.4. The highest BCUT2D eigenvalue weighted by Crippen LogP contribution is 2.21. The van der Waals surface area contributed by atoms with E-state index in [2.05, 4.69) is 14.9 Å². The summed E-state index contributed by atoms with van der Waals surface area (Å²) in [6.07, 6.45) is 0.237. The fourth-order valence-electron chi connectivity index (χ4n) is 3.98. The number of rotatable bonds is 4. The minimum atomic E-state index is -0.481. The first-order chi connectivity index (χ1) is 13.8. The molecular formula is C20H24ClN5O3. The number of aromatic amines is 1. The predicted molar refractivity (Wildman–Crippen MR) is 111 cm³/mol. The standard InChI is InChI=1S/C20H24ClN5O3/c1-12-8-25(9-13(2)29-12)11-16-22-18-17(19(27)23-20(28)24(18)3)26(16)10-14-6-4-5-7-15(14)21/h4-7,12-13H,8-11H2,1-3H3,(H,23,27,28)/t12-,13+. The van der Waals surface area contributed by atoms with E-state index in [1.165, 1.54) is 4.57 Å². The average Bonchev–Trinajstić information content (AvgIpc) is 2.99. The highest BCUT2D eigenvalue weighted by atomic mass is 35.5. The molecule has 29 heavy (non-hydrogen) atoms. The molecule has 0 saturated carbocycles. The van der Waals surface area contributed by atoms with Gasteiger partial charge in [-0.1, -0.05) is 29.8 Å². The molecule has 1 saturated heterocycles. The van der Waals surface area contributed by atoms with E-state index in [1.54, 1.807) is 7.05 Å². The number of hydrogen-bond donors (Lipinski definition) is 1. The Morgan fingerprint density at radius 2 is 1.86 bits per heavy atom. The van der Waals surface area contributed by atoms with Crippen LogP contribution in [-0.4, -0.2) is 49.3 Å². The van der Waals surface area contributed by atoms with Gasteiger partial charge in [-0.25, -0.2) is 9.78 Å². The molecule has 0 spiro atoms. The van der Waals surface area contributed by atoms with Gasteiger partial charge in [0, 0.05) is 25.2 Å². The molecule has 3 heterocycles. The Kier molecular flexibility index (Phi) is 5.33. The highest BCUT2D eigenvalue weighted by Gasteiger charge is 2.25. The van der Waals surface area contributed by atoms with Crippen molar-refractivity contribution in [1.29, 1.82) is 0 Å². The third-order valence-corrected chi connectivity index (χ3v) is 5.60. The van der Waals surface area contributed by atoms with Gasteiger partial charge in [0.1, 0.15) is 5.82 Å². The molecule has 9 heteroatoms. The van der Waals surface area contributed by atoms with Gasteiger partial charge in [0.2, 0.25) is 0 Å². The fourth-order valence-corrected chi connectivity index (χ4v) is 4.18. The smallest absolute Gasteiger partial charge is 0.329 e. The van der Waals surface area contributed by atoms with Gasteiger partial charge in [-0.2, -0.15) is 0 Å². The summed E-state index contributed by atoms with van der Waals surface area (Å²) in [5.74, 6) is 0.716. The fraction of sp³-hybridized carbons (Fsp3) is 0.450. The lowest BCUT2D eigenvalue weighted by atomic mass is 10.2. The van der Waals surface area contributed by atoms with E-state index in [4.69, 9.17) is 16.3 Å². The predicted octanol–water partition coefficient (Wildman–Crippen LogP) is 1.73. The number of ether oxygens (including phenoxy) is 1. The van der Waals surface area contributed by atoms with Crippen molar-refractivity contribution in [3.8, 4) is 0 Å². The Bertz CT molecular complexity index is 1160. The van der Waals surface area contributed by atoms with Crippen LogP contribution in [0, 0.1) is 0 Å². The van der Waals surface area contributed by atoms with E-state index in [1.807, 2.05) is 42.7 Å². The minimum Gasteiger partial charge on any atom is -0.373 e. The van der Waals surface area contributed by atoms with Crippen molar-refractivity contribution in [2.75, 3.05) is 13.1 Å². The van der Waals surface area contributed by atoms with Gasteiger partial charge in [0.05, 0.1) is 25.3 Å². The summed E-state index contributed by atoms with van der Waals surface area (Å²) in [5, 5.41) is 0.621. The zero-order chi connectivity index (χ0) is 20.7. The van der Waals surface area contributed by atoms with Crippen LogP contribution in [0.4, 0.5) is 0 Å². The molecule has 1 N–H and O–H groups in total. The topological polar surface area (TPSA) is 85.2 Å². The maximum absolute atomic E-state index is 12.7. The Labute approximate surface area is 172 Å². The Balaban J connectivity index is 1.83. The van der Waals surface area contributed by atoms with Crippen molar-refractivity contribution in [2.24, 2.45) is 7.05 Å². The number of nitrogens with zero attached hydrogens (tertiary/aromatic N) is 4. The van der Waals surface area contributed by atoms with E-state index in [0.29, 0.717) is 35.1 Å². The zero-order valence-electron chi connectivity index (χ0n) is 16.7. The Hall–Kier alpha value is -2.42. The van der Waals surface area contributed by atoms with Crippen molar-refractivity contribution >= 4 is 22.8 Å². The summed E-state index contributed by atoms with van der Waals surface area (Å²) < 4.78 is 9.05. The molecule has 1 aliphatic heterocycles. The zero-order valence-corrected chi connectivity index (χ0v) is 17.4. The largest absolute Gasteiger partial charge is 0.373 e. The summed E-state index contributed by atoms with van der Waals surface area (Å²) >= 11 is 6.37. The third kappa shape index (κ3) is 3.88. The van der Waals surface area contributed by atoms with Crippen molar-refractivity contribution in [3.63, 3.8) is 0 Å². The molecule has 0 radical (unpaired) electrons. The number of hydrogen-bond acceptors (Lipinski definition) is 5. The van der Waals surface area contributed by atoms with Crippen LogP contribution in [0.2, 0.25) is 5.02 Å². The van der Waals surface area contributed by atoms with Gasteiger partial charge in [-0.05, 0) is 25.5 Å². The Morgan fingerprint density at radius 1 is 1.17 bits per heavy atom. The summed E-state index contributed by atoms with van der Waals surface area (Å²) in [6.45, 7) is 6.57. The molecule has 1 aromatic carbocycles. The average molecular weight is 418 g/mol. The maximum atomic E-state index is 12.7. The first-order valence-electron chi connectivity index (χ1n) is 9.63. The molecule has 3 aromatic rings. The quantitative estimate of drug-likeness (QED) is 0.698. The molecule has 2 atom stereocenters. The van der Waals surface area contributed by atoms with Crippen LogP contribution in [0.15, 0.2) is 33.9 Å². The summed E-state index contributed by atoms with van der Waals surface area (Å²) in [4.78, 5) is 34.1. The highest BCUT2D eigenvalue weighted by molar-refractivity contribution is 6.31. The van der Waals surface area contributed by atoms with Gasteiger partial charge in [0.15, 0.2) is 11.2 Å². The molecule has 0 bridgehead atoms. The van der Waals surface area contributed by atoms with E-state index in [0.717, 1.165) is 18.7 Å². The lowest BCUT2D eigenvalue weighted by molar-refractivity contribution is -0.0712. The third-order valence-electron chi connectivity index (χ3n) is 5.23. The van der Waals surface area contributed by atoms with Crippen molar-refractivity contribution in [1.82, 2.24) is 24.0 Å². The summed E-state index contributed by atoms with van der Waals surface area (Å²) in [6, 6.07) is 7.52. The molecule has 0 amide bonds. The molecule has 0 unspecified atom stereocenters. The molecule has 8 nitrogen and oxygen atoms in total. The van der Waals surface area contributed by atoms with Crippen LogP contribution in [-0.2, 0) is 24.9 Å². The molecule has 2 aromatic heterocycles. The van der Waals surface area contributed by atoms with Gasteiger partial charge in [0.25, 0.3) is 5.56 Å². The molecule has 154 valence electrons. The summed E-state index contributed by atoms with van der Waals surface area (Å²) in [7, 11) is 1.61. The van der Waals surface area contributed by atoms with Crippen LogP contribution in [0.3, 0.4) is 0 Å². The lowest BCUT2D eigenvalue weighted by Gasteiger charge is -2.35. The molecular weight excluding hydrogens is 394 g/mol. The van der Waals surface area contributed by atoms with Gasteiger partial charge >= 0.3 is 5.69 Å². The summed E-state index contributed by atoms with van der Waals surface area (Å²) in [5.41, 5.74) is 0.695. The first-order valence-corrected chi connectivity index (χ1v) is 10.0. The van der Waals surface area contributed by atoms with Crippen LogP contribution >= 0.6 is 11.6 Å². The molecule has 1 aliphatic rings. The van der Waals surface area contributed by atoms with Crippen LogP contribution in [0.5, 0.6) is 0 Å². The number of nitrogens with one attached hydrogen (secondary N) is 1. The number of aromatic nitrogens is 4. The minimum absolute atomic E-state index is 0.118. The SMILES string of the molecule is C[C@@H]1CN(Cc2nc3c(c(=O)[nH]c(=O)n3C)n2Cc2ccccc2Cl)C[C@H](C)O1. The van der Waals surface area contributed by atoms with Crippen molar-refractivity contribution < 1.29 is 4.74 Å². The molecule has 4 rings (SSSR count). The first kappa shape index (κ1) is 19.9. The van der Waals surface area contributed by atoms with E-state index >= 15 is 0 Å². The number of halogens is 1. The second kappa shape index (κ2) is 7.78. The van der Waals surface area contributed by atoms with Crippen LogP contribution in [0.1, 0.15) is 25.2 Å². The number of imidazole rings is 1. The van der Waals surface area contributed by atoms with Crippen LogP contribution in [0.25, 0.3) is 11.2 Å². The van der Waals surface area contributed by atoms with E-state index in [-0.39, 0.29) is 12.2 Å². The van der Waals surface area contributed by atoms with E-state index < -0.39 is 11.2 Å². The van der Waals surface area contributed by atoms with Crippen molar-refractivity contribution in [3.05, 3.63) is 61.5 Å². The number of aryl methyl sites for hydroxylation is 1. The van der Waals surface area contributed by atoms with Gasteiger partial charge < -0.3 is 9.30 Å². The second-order valence-corrected chi connectivity index (χ2v) is 8.05. The number of morpholine rings is 1. The maximum Gasteiger partial charge on any atom is 0.329 e. The number of fused-ring (bicyclic) bond motifs is 1. The monoisotopic (exact) mass is 417 g/mol. The number of benzene rings is 1. The molecule has 0 aliphatic carbocycles. The van der Waals surface area contributed by atoms with Crippen molar-refractivity contribution in [2.45, 2.75) is 39.1 Å². The van der Waals surface area contributed by atoms with Crippen LogP contribution < -0.4 is 11.2 Å². The number of H-pyrrole nitrogens is 1. The molecule has 1 fully saturated rings. The van der Waals surface area contributed by atoms with Gasteiger partial charge in [-0.3, -0.25) is 19.2 Å².